The van der Waals surface area contributed by atoms with Crippen molar-refractivity contribution in [2.24, 2.45) is 0 Å². The third kappa shape index (κ3) is 7.02. The maximum absolute atomic E-state index is 12.3. The smallest absolute Gasteiger partial charge is 0.251 e. The van der Waals surface area contributed by atoms with Crippen LogP contribution in [0.2, 0.25) is 0 Å². The monoisotopic (exact) mass is 499 g/mol. The summed E-state index contributed by atoms with van der Waals surface area (Å²) in [6, 6.07) is 13.3. The number of anilines is 1. The fourth-order valence-electron chi connectivity index (χ4n) is 4.89. The summed E-state index contributed by atoms with van der Waals surface area (Å²) in [5.74, 6) is 0.265. The van der Waals surface area contributed by atoms with E-state index in [9.17, 15) is 18.0 Å². The Morgan fingerprint density at radius 3 is 2.46 bits per heavy atom. The van der Waals surface area contributed by atoms with E-state index < -0.39 is 10.0 Å². The van der Waals surface area contributed by atoms with Crippen LogP contribution in [-0.4, -0.2) is 68.1 Å². The van der Waals surface area contributed by atoms with E-state index in [2.05, 4.69) is 25.2 Å². The van der Waals surface area contributed by atoms with Gasteiger partial charge in [-0.25, -0.2) is 13.4 Å². The number of carbonyl (C=O) groups excluding carboxylic acids is 2. The summed E-state index contributed by atoms with van der Waals surface area (Å²) in [5, 5.41) is 5.68. The molecule has 2 aliphatic rings. The summed E-state index contributed by atoms with van der Waals surface area (Å²) >= 11 is 0. The number of aromatic nitrogens is 1. The van der Waals surface area contributed by atoms with Crippen molar-refractivity contribution in [1.29, 1.82) is 0 Å². The maximum Gasteiger partial charge on any atom is 0.251 e. The molecule has 1 aliphatic carbocycles. The number of pyridine rings is 1. The summed E-state index contributed by atoms with van der Waals surface area (Å²) in [5.41, 5.74) is 2.48. The number of likely N-dealkylation sites (tertiary alicyclic amines) is 1. The van der Waals surface area contributed by atoms with Gasteiger partial charge in [-0.2, -0.15) is 0 Å². The Kier molecular flexibility index (Phi) is 7.71. The van der Waals surface area contributed by atoms with Crippen LogP contribution >= 0.6 is 0 Å². The zero-order valence-electron chi connectivity index (χ0n) is 20.2. The van der Waals surface area contributed by atoms with Crippen molar-refractivity contribution in [2.45, 2.75) is 50.6 Å². The van der Waals surface area contributed by atoms with Gasteiger partial charge in [0.25, 0.3) is 5.91 Å². The number of sulfonamides is 1. The van der Waals surface area contributed by atoms with Crippen LogP contribution in [0.4, 0.5) is 5.82 Å². The standard InChI is InChI=1S/C25H33N5O4S/c1-17-5-3-6-19(13-17)25(32)26-14-24(31)27-20-15-30(16-20)21-11-9-18(10-12-21)22-7-4-8-23(28-22)29-35(2,33)34/h3-8,13,18,20-21H,9-12,14-16H2,1-2H3,(H,26,32)(H,27,31)(H,28,29). The van der Waals surface area contributed by atoms with E-state index >= 15 is 0 Å². The first kappa shape index (κ1) is 25.1. The van der Waals surface area contributed by atoms with Gasteiger partial charge in [-0.3, -0.25) is 19.2 Å². The molecule has 1 saturated carbocycles. The number of rotatable bonds is 8. The van der Waals surface area contributed by atoms with Gasteiger partial charge in [0.1, 0.15) is 5.82 Å². The number of nitrogens with one attached hydrogen (secondary N) is 3. The number of benzene rings is 1. The number of aryl methyl sites for hydroxylation is 1. The Bertz CT molecular complexity index is 1170. The van der Waals surface area contributed by atoms with Crippen LogP contribution in [0.1, 0.15) is 53.2 Å². The predicted molar refractivity (Wildman–Crippen MR) is 135 cm³/mol. The quantitative estimate of drug-likeness (QED) is 0.511. The molecule has 0 atom stereocenters. The van der Waals surface area contributed by atoms with Crippen LogP contribution in [0.5, 0.6) is 0 Å². The molecule has 35 heavy (non-hydrogen) atoms. The van der Waals surface area contributed by atoms with E-state index in [1.54, 1.807) is 18.2 Å². The van der Waals surface area contributed by atoms with Crippen molar-refractivity contribution >= 4 is 27.7 Å². The Morgan fingerprint density at radius 1 is 1.06 bits per heavy atom. The molecule has 3 N–H and O–H groups in total. The first-order valence-electron chi connectivity index (χ1n) is 12.0. The number of hydrogen-bond acceptors (Lipinski definition) is 6. The average Bonchev–Trinajstić information content (AvgIpc) is 2.79. The first-order valence-corrected chi connectivity index (χ1v) is 13.9. The summed E-state index contributed by atoms with van der Waals surface area (Å²) in [6.07, 6.45) is 5.21. The van der Waals surface area contributed by atoms with Gasteiger partial charge in [-0.05, 0) is 56.9 Å². The lowest BCUT2D eigenvalue weighted by Crippen LogP contribution is -2.63. The summed E-state index contributed by atoms with van der Waals surface area (Å²) < 4.78 is 25.4. The Morgan fingerprint density at radius 2 is 1.77 bits per heavy atom. The zero-order chi connectivity index (χ0) is 25.0. The fourth-order valence-corrected chi connectivity index (χ4v) is 5.39. The minimum absolute atomic E-state index is 0.0331. The van der Waals surface area contributed by atoms with Crippen LogP contribution in [0.3, 0.4) is 0 Å². The molecule has 2 fully saturated rings. The number of hydrogen-bond donors (Lipinski definition) is 3. The van der Waals surface area contributed by atoms with Gasteiger partial charge in [-0.15, -0.1) is 0 Å². The van der Waals surface area contributed by atoms with Crippen molar-refractivity contribution in [3.05, 3.63) is 59.3 Å². The molecule has 2 amide bonds. The van der Waals surface area contributed by atoms with Crippen LogP contribution in [0.15, 0.2) is 42.5 Å². The Balaban J connectivity index is 1.16. The summed E-state index contributed by atoms with van der Waals surface area (Å²) in [6.45, 7) is 3.53. The molecule has 2 aromatic rings. The van der Waals surface area contributed by atoms with Crippen LogP contribution in [0, 0.1) is 6.92 Å². The molecule has 1 aliphatic heterocycles. The molecule has 1 aromatic heterocycles. The molecular formula is C25H33N5O4S. The molecule has 10 heteroatoms. The van der Waals surface area contributed by atoms with Gasteiger partial charge in [0.15, 0.2) is 0 Å². The molecule has 1 saturated heterocycles. The number of carbonyl (C=O) groups is 2. The fraction of sp³-hybridized carbons (Fsp3) is 0.480. The molecule has 0 radical (unpaired) electrons. The highest BCUT2D eigenvalue weighted by atomic mass is 32.2. The van der Waals surface area contributed by atoms with E-state index in [0.717, 1.165) is 56.3 Å². The lowest BCUT2D eigenvalue weighted by atomic mass is 9.82. The molecule has 0 spiro atoms. The molecule has 0 unspecified atom stereocenters. The first-order chi connectivity index (χ1) is 16.7. The molecule has 0 bridgehead atoms. The highest BCUT2D eigenvalue weighted by Crippen LogP contribution is 2.35. The van der Waals surface area contributed by atoms with Gasteiger partial charge in [0, 0.05) is 36.3 Å². The van der Waals surface area contributed by atoms with Crippen molar-refractivity contribution in [3.63, 3.8) is 0 Å². The lowest BCUT2D eigenvalue weighted by molar-refractivity contribution is -0.122. The minimum Gasteiger partial charge on any atom is -0.349 e. The zero-order valence-corrected chi connectivity index (χ0v) is 21.0. The molecular weight excluding hydrogens is 466 g/mol. The van der Waals surface area contributed by atoms with Crippen molar-refractivity contribution in [1.82, 2.24) is 20.5 Å². The van der Waals surface area contributed by atoms with Gasteiger partial charge in [-0.1, -0.05) is 23.8 Å². The summed E-state index contributed by atoms with van der Waals surface area (Å²) in [7, 11) is -3.35. The van der Waals surface area contributed by atoms with Gasteiger partial charge >= 0.3 is 0 Å². The third-order valence-electron chi connectivity index (χ3n) is 6.66. The highest BCUT2D eigenvalue weighted by Gasteiger charge is 2.35. The van der Waals surface area contributed by atoms with E-state index in [0.29, 0.717) is 23.3 Å². The van der Waals surface area contributed by atoms with Gasteiger partial charge in [0.2, 0.25) is 15.9 Å². The van der Waals surface area contributed by atoms with E-state index in [1.807, 2.05) is 31.2 Å². The number of nitrogens with zero attached hydrogens (tertiary/aromatic N) is 2. The Labute approximate surface area is 206 Å². The average molecular weight is 500 g/mol. The van der Waals surface area contributed by atoms with E-state index in [-0.39, 0.29) is 24.4 Å². The van der Waals surface area contributed by atoms with Crippen molar-refractivity contribution in [3.8, 4) is 0 Å². The number of amides is 2. The van der Waals surface area contributed by atoms with Crippen LogP contribution in [0.25, 0.3) is 0 Å². The predicted octanol–water partition coefficient (Wildman–Crippen LogP) is 2.02. The highest BCUT2D eigenvalue weighted by molar-refractivity contribution is 7.92. The molecule has 9 nitrogen and oxygen atoms in total. The normalized spacial score (nSPS) is 21.1. The Hall–Kier alpha value is -2.98. The summed E-state index contributed by atoms with van der Waals surface area (Å²) in [4.78, 5) is 31.4. The van der Waals surface area contributed by atoms with Crippen molar-refractivity contribution < 1.29 is 18.0 Å². The molecule has 2 heterocycles. The second-order valence-corrected chi connectivity index (χ2v) is 11.3. The van der Waals surface area contributed by atoms with E-state index in [4.69, 9.17) is 0 Å². The third-order valence-corrected chi connectivity index (χ3v) is 7.24. The van der Waals surface area contributed by atoms with Crippen LogP contribution in [-0.2, 0) is 14.8 Å². The van der Waals surface area contributed by atoms with Gasteiger partial charge < -0.3 is 10.6 Å². The van der Waals surface area contributed by atoms with Crippen molar-refractivity contribution in [2.75, 3.05) is 30.6 Å². The van der Waals surface area contributed by atoms with E-state index in [1.165, 1.54) is 0 Å². The van der Waals surface area contributed by atoms with Gasteiger partial charge in [0.05, 0.1) is 18.8 Å². The molecule has 1 aromatic carbocycles. The minimum atomic E-state index is -3.35. The second kappa shape index (κ2) is 10.7. The van der Waals surface area contributed by atoms with Crippen LogP contribution < -0.4 is 15.4 Å². The lowest BCUT2D eigenvalue weighted by Gasteiger charge is -2.46. The molecule has 4 rings (SSSR count). The SMILES string of the molecule is Cc1cccc(C(=O)NCC(=O)NC2CN(C3CCC(c4cccc(NS(C)(=O)=O)n4)CC3)C2)c1. The molecule has 188 valence electrons. The largest absolute Gasteiger partial charge is 0.349 e. The maximum atomic E-state index is 12.3. The topological polar surface area (TPSA) is 120 Å². The second-order valence-electron chi connectivity index (χ2n) is 9.60.